The summed E-state index contributed by atoms with van der Waals surface area (Å²) in [5.41, 5.74) is 0.243. The van der Waals surface area contributed by atoms with Crippen LogP contribution in [-0.4, -0.2) is 34.0 Å². The van der Waals surface area contributed by atoms with Gasteiger partial charge in [-0.25, -0.2) is 0 Å². The topological polar surface area (TPSA) is 74.6 Å². The van der Waals surface area contributed by atoms with Crippen LogP contribution in [0.15, 0.2) is 23.3 Å². The number of rotatable bonds is 1. The molecule has 4 aliphatic carbocycles. The Morgan fingerprint density at radius 2 is 1.75 bits per heavy atom. The molecule has 0 aliphatic heterocycles. The van der Waals surface area contributed by atoms with Crippen LogP contribution in [0.5, 0.6) is 0 Å². The minimum absolute atomic E-state index is 0.0603. The van der Waals surface area contributed by atoms with Crippen LogP contribution >= 0.6 is 0 Å². The lowest BCUT2D eigenvalue weighted by Gasteiger charge is -2.64. The quantitative estimate of drug-likeness (QED) is 0.675. The van der Waals surface area contributed by atoms with E-state index >= 15 is 0 Å². The van der Waals surface area contributed by atoms with Crippen molar-refractivity contribution >= 4 is 11.6 Å². The number of Topliss-reactive ketones (excluding diaryl/α,β-unsaturated/α-hetero) is 2. The van der Waals surface area contributed by atoms with E-state index < -0.39 is 28.5 Å². The van der Waals surface area contributed by atoms with Crippen molar-refractivity contribution < 1.29 is 19.8 Å². The van der Waals surface area contributed by atoms with Gasteiger partial charge in [0.25, 0.3) is 0 Å². The van der Waals surface area contributed by atoms with Gasteiger partial charge in [0.15, 0.2) is 5.78 Å². The van der Waals surface area contributed by atoms with Crippen molar-refractivity contribution in [3.63, 3.8) is 0 Å². The third-order valence-electron chi connectivity index (χ3n) is 9.57. The van der Waals surface area contributed by atoms with Gasteiger partial charge in [-0.3, -0.25) is 9.59 Å². The summed E-state index contributed by atoms with van der Waals surface area (Å²) in [5, 5.41) is 21.2. The summed E-state index contributed by atoms with van der Waals surface area (Å²) in [6.45, 7) is 12.0. The first kappa shape index (κ1) is 20.0. The fourth-order valence-corrected chi connectivity index (χ4v) is 7.55. The average molecular weight is 387 g/mol. The second kappa shape index (κ2) is 5.66. The Balaban J connectivity index is 1.86. The van der Waals surface area contributed by atoms with Gasteiger partial charge in [-0.05, 0) is 49.0 Å². The van der Waals surface area contributed by atoms with E-state index in [0.717, 1.165) is 24.0 Å². The molecule has 4 rings (SSSR count). The molecule has 0 spiro atoms. The van der Waals surface area contributed by atoms with Crippen LogP contribution in [0.1, 0.15) is 67.2 Å². The van der Waals surface area contributed by atoms with Crippen LogP contribution in [0.4, 0.5) is 0 Å². The Bertz CT molecular complexity index is 820. The molecule has 0 unspecified atom stereocenters. The van der Waals surface area contributed by atoms with Crippen molar-refractivity contribution in [1.29, 1.82) is 0 Å². The van der Waals surface area contributed by atoms with Crippen molar-refractivity contribution in [2.24, 2.45) is 33.5 Å². The molecule has 0 radical (unpaired) electrons. The van der Waals surface area contributed by atoms with Gasteiger partial charge in [-0.2, -0.15) is 0 Å². The highest BCUT2D eigenvalue weighted by Gasteiger charge is 2.69. The average Bonchev–Trinajstić information content (AvgIpc) is 2.86. The minimum Gasteiger partial charge on any atom is -0.390 e. The molecule has 0 heterocycles. The highest BCUT2D eigenvalue weighted by atomic mass is 16.3. The zero-order chi connectivity index (χ0) is 20.9. The third kappa shape index (κ3) is 2.09. The Morgan fingerprint density at radius 3 is 2.36 bits per heavy atom. The van der Waals surface area contributed by atoms with E-state index in [0.29, 0.717) is 12.8 Å². The van der Waals surface area contributed by atoms with E-state index in [1.165, 1.54) is 0 Å². The van der Waals surface area contributed by atoms with Crippen molar-refractivity contribution in [1.82, 2.24) is 0 Å². The Labute approximate surface area is 168 Å². The molecular formula is C24H34O4. The number of hydrogen-bond acceptors (Lipinski definition) is 4. The van der Waals surface area contributed by atoms with E-state index in [4.69, 9.17) is 0 Å². The number of aliphatic hydroxyl groups excluding tert-OH is 2. The first-order valence-electron chi connectivity index (χ1n) is 10.6. The lowest BCUT2D eigenvalue weighted by atomic mass is 9.38. The third-order valence-corrected chi connectivity index (χ3v) is 9.57. The van der Waals surface area contributed by atoms with E-state index in [2.05, 4.69) is 32.9 Å². The maximum absolute atomic E-state index is 13.8. The van der Waals surface area contributed by atoms with Crippen LogP contribution < -0.4 is 0 Å². The summed E-state index contributed by atoms with van der Waals surface area (Å²) in [4.78, 5) is 26.1. The van der Waals surface area contributed by atoms with Crippen molar-refractivity contribution in [3.05, 3.63) is 23.3 Å². The van der Waals surface area contributed by atoms with Gasteiger partial charge in [-0.15, -0.1) is 0 Å². The molecule has 2 saturated carbocycles. The lowest BCUT2D eigenvalue weighted by molar-refractivity contribution is -0.170. The van der Waals surface area contributed by atoms with Gasteiger partial charge in [0.1, 0.15) is 5.78 Å². The van der Waals surface area contributed by atoms with Crippen LogP contribution in [-0.2, 0) is 9.59 Å². The summed E-state index contributed by atoms with van der Waals surface area (Å²) in [6, 6.07) is 0. The molecule has 4 aliphatic rings. The highest BCUT2D eigenvalue weighted by Crippen LogP contribution is 2.71. The smallest absolute Gasteiger partial charge is 0.156 e. The second-order valence-corrected chi connectivity index (χ2v) is 11.0. The number of fused-ring (bicyclic) bond motifs is 5. The molecule has 154 valence electrons. The first-order chi connectivity index (χ1) is 12.8. The number of hydrogen-bond donors (Lipinski definition) is 2. The second-order valence-electron chi connectivity index (χ2n) is 11.0. The maximum atomic E-state index is 13.8. The number of ketones is 2. The fourth-order valence-electron chi connectivity index (χ4n) is 7.55. The molecule has 0 aromatic heterocycles. The number of carbonyl (C=O) groups excluding carboxylic acids is 2. The van der Waals surface area contributed by atoms with Gasteiger partial charge in [0.05, 0.1) is 12.2 Å². The SMILES string of the molecule is CC(=O)C1=CC[C@@]2(C)[C@@H]3CC=C4[C@@H](C[C@H](O)[C@H](O)C4(C)C)[C@]3(C)C(=O)C[C@]12C. The predicted molar refractivity (Wildman–Crippen MR) is 107 cm³/mol. The molecule has 7 atom stereocenters. The van der Waals surface area contributed by atoms with Crippen LogP contribution in [0.2, 0.25) is 0 Å². The molecule has 0 bridgehead atoms. The van der Waals surface area contributed by atoms with E-state index in [-0.39, 0.29) is 28.8 Å². The van der Waals surface area contributed by atoms with Crippen LogP contribution in [0.3, 0.4) is 0 Å². The van der Waals surface area contributed by atoms with Crippen molar-refractivity contribution in [3.8, 4) is 0 Å². The summed E-state index contributed by atoms with van der Waals surface area (Å²) in [7, 11) is 0. The van der Waals surface area contributed by atoms with Gasteiger partial charge in [0.2, 0.25) is 0 Å². The van der Waals surface area contributed by atoms with Crippen molar-refractivity contribution in [2.75, 3.05) is 0 Å². The number of aliphatic hydroxyl groups is 2. The van der Waals surface area contributed by atoms with Gasteiger partial charge in [-0.1, -0.05) is 52.3 Å². The minimum atomic E-state index is -0.823. The normalized spacial score (nSPS) is 49.5. The maximum Gasteiger partial charge on any atom is 0.156 e. The first-order valence-corrected chi connectivity index (χ1v) is 10.6. The molecular weight excluding hydrogens is 352 g/mol. The molecule has 28 heavy (non-hydrogen) atoms. The fraction of sp³-hybridized carbons (Fsp3) is 0.750. The summed E-state index contributed by atoms with van der Waals surface area (Å²) >= 11 is 0. The van der Waals surface area contributed by atoms with Gasteiger partial charge < -0.3 is 10.2 Å². The lowest BCUT2D eigenvalue weighted by Crippen LogP contribution is -2.64. The molecule has 0 amide bonds. The molecule has 2 N–H and O–H groups in total. The van der Waals surface area contributed by atoms with E-state index in [1.54, 1.807) is 6.92 Å². The molecule has 0 aromatic carbocycles. The Morgan fingerprint density at radius 1 is 1.11 bits per heavy atom. The monoisotopic (exact) mass is 386 g/mol. The highest BCUT2D eigenvalue weighted by molar-refractivity contribution is 5.98. The van der Waals surface area contributed by atoms with E-state index in [9.17, 15) is 19.8 Å². The van der Waals surface area contributed by atoms with E-state index in [1.807, 2.05) is 13.8 Å². The molecule has 4 heteroatoms. The Hall–Kier alpha value is -1.26. The summed E-state index contributed by atoms with van der Waals surface area (Å²) < 4.78 is 0. The zero-order valence-electron chi connectivity index (χ0n) is 18.0. The molecule has 2 fully saturated rings. The van der Waals surface area contributed by atoms with Gasteiger partial charge >= 0.3 is 0 Å². The molecule has 0 aromatic rings. The Kier molecular flexibility index (Phi) is 4.05. The van der Waals surface area contributed by atoms with Crippen molar-refractivity contribution in [2.45, 2.75) is 79.4 Å². The largest absolute Gasteiger partial charge is 0.390 e. The number of carbonyl (C=O) groups is 2. The number of allylic oxidation sites excluding steroid dienone is 3. The van der Waals surface area contributed by atoms with Gasteiger partial charge in [0, 0.05) is 22.7 Å². The van der Waals surface area contributed by atoms with Crippen LogP contribution in [0.25, 0.3) is 0 Å². The van der Waals surface area contributed by atoms with Crippen LogP contribution in [0, 0.1) is 33.5 Å². The summed E-state index contributed by atoms with van der Waals surface area (Å²) in [6.07, 6.45) is 5.08. The molecule has 0 saturated heterocycles. The molecule has 4 nitrogen and oxygen atoms in total. The zero-order valence-corrected chi connectivity index (χ0v) is 18.0. The summed E-state index contributed by atoms with van der Waals surface area (Å²) in [5.74, 6) is 0.342. The standard InChI is InChI=1S/C24H34O4/c1-13(25)14-9-10-22(4)18-8-7-15-16(11-17(26)20(28)21(15,2)3)24(18,6)19(27)12-23(14,22)5/h7,9,16-18,20,26,28H,8,10-12H2,1-6H3/t16-,17+,18+,20+,22+,23-,24+/m1/s1. The predicted octanol–water partition coefficient (Wildman–Crippen LogP) is 3.61.